The molecule has 0 aromatic heterocycles. The lowest BCUT2D eigenvalue weighted by Crippen LogP contribution is -2.29. The fourth-order valence-electron chi connectivity index (χ4n) is 2.89. The number of piperidine rings is 1. The Morgan fingerprint density at radius 2 is 1.70 bits per heavy atom. The Morgan fingerprint density at radius 3 is 2.40 bits per heavy atom. The van der Waals surface area contributed by atoms with Crippen LogP contribution in [0.2, 0.25) is 0 Å². The molecular formula is C18H30N2. The number of unbranched alkanes of at least 4 members (excludes halogenated alkanes) is 3. The molecule has 1 fully saturated rings. The largest absolute Gasteiger partial charge is 0.372 e. The Balaban J connectivity index is 1.68. The molecule has 0 atom stereocenters. The molecule has 0 spiro atoms. The standard InChI is InChI=1S/C18H30N2/c1-2-3-4-6-13-19-16-17-9-11-18(12-10-17)20-14-7-5-8-15-20/h9-12,19H,2-8,13-16H2,1H3. The molecule has 2 heteroatoms. The summed E-state index contributed by atoms with van der Waals surface area (Å²) in [5, 5.41) is 3.55. The van der Waals surface area contributed by atoms with E-state index < -0.39 is 0 Å². The van der Waals surface area contributed by atoms with Crippen LogP contribution in [0.15, 0.2) is 24.3 Å². The quantitative estimate of drug-likeness (QED) is 0.709. The van der Waals surface area contributed by atoms with Crippen LogP contribution in [0.25, 0.3) is 0 Å². The minimum atomic E-state index is 1.01. The van der Waals surface area contributed by atoms with E-state index in [0.717, 1.165) is 13.1 Å². The normalized spacial score (nSPS) is 15.6. The van der Waals surface area contributed by atoms with Gasteiger partial charge in [0.25, 0.3) is 0 Å². The van der Waals surface area contributed by atoms with Crippen molar-refractivity contribution in [3.05, 3.63) is 29.8 Å². The molecule has 0 radical (unpaired) electrons. The topological polar surface area (TPSA) is 15.3 Å². The van der Waals surface area contributed by atoms with Crippen molar-refractivity contribution in [2.24, 2.45) is 0 Å². The van der Waals surface area contributed by atoms with Crippen LogP contribution in [-0.2, 0) is 6.54 Å². The number of nitrogens with one attached hydrogen (secondary N) is 1. The van der Waals surface area contributed by atoms with E-state index in [1.807, 2.05) is 0 Å². The number of anilines is 1. The lowest BCUT2D eigenvalue weighted by molar-refractivity contribution is 0.577. The third kappa shape index (κ3) is 5.16. The molecular weight excluding hydrogens is 244 g/mol. The maximum Gasteiger partial charge on any atom is 0.0366 e. The average molecular weight is 274 g/mol. The molecule has 1 aliphatic rings. The minimum Gasteiger partial charge on any atom is -0.372 e. The summed E-state index contributed by atoms with van der Waals surface area (Å²) < 4.78 is 0. The van der Waals surface area contributed by atoms with Crippen molar-refractivity contribution in [1.82, 2.24) is 5.32 Å². The number of nitrogens with zero attached hydrogens (tertiary/aromatic N) is 1. The van der Waals surface area contributed by atoms with Crippen molar-refractivity contribution in [2.45, 2.75) is 58.4 Å². The molecule has 0 amide bonds. The summed E-state index contributed by atoms with van der Waals surface area (Å²) in [4.78, 5) is 2.52. The van der Waals surface area contributed by atoms with Gasteiger partial charge < -0.3 is 10.2 Å². The van der Waals surface area contributed by atoms with Crippen LogP contribution in [0.4, 0.5) is 5.69 Å². The molecule has 0 bridgehead atoms. The summed E-state index contributed by atoms with van der Waals surface area (Å²) in [6, 6.07) is 9.14. The molecule has 1 aromatic carbocycles. The smallest absolute Gasteiger partial charge is 0.0366 e. The van der Waals surface area contributed by atoms with Crippen LogP contribution in [0.5, 0.6) is 0 Å². The summed E-state index contributed by atoms with van der Waals surface area (Å²) in [5.41, 5.74) is 2.80. The zero-order chi connectivity index (χ0) is 14.0. The number of hydrogen-bond donors (Lipinski definition) is 1. The summed E-state index contributed by atoms with van der Waals surface area (Å²) in [6.07, 6.45) is 9.44. The number of benzene rings is 1. The predicted molar refractivity (Wildman–Crippen MR) is 88.4 cm³/mol. The van der Waals surface area contributed by atoms with Crippen molar-refractivity contribution in [2.75, 3.05) is 24.5 Å². The highest BCUT2D eigenvalue weighted by atomic mass is 15.1. The maximum atomic E-state index is 3.55. The van der Waals surface area contributed by atoms with E-state index in [1.165, 1.54) is 69.3 Å². The Hall–Kier alpha value is -1.02. The Labute approximate surface area is 124 Å². The second kappa shape index (κ2) is 9.02. The first-order valence-electron chi connectivity index (χ1n) is 8.45. The fourth-order valence-corrected chi connectivity index (χ4v) is 2.89. The molecule has 1 N–H and O–H groups in total. The van der Waals surface area contributed by atoms with Gasteiger partial charge in [0, 0.05) is 25.3 Å². The van der Waals surface area contributed by atoms with E-state index in [4.69, 9.17) is 0 Å². The first-order valence-corrected chi connectivity index (χ1v) is 8.45. The van der Waals surface area contributed by atoms with Gasteiger partial charge in [-0.15, -0.1) is 0 Å². The van der Waals surface area contributed by atoms with Gasteiger partial charge in [0.1, 0.15) is 0 Å². The molecule has 1 aliphatic heterocycles. The third-order valence-corrected chi connectivity index (χ3v) is 4.19. The fraction of sp³-hybridized carbons (Fsp3) is 0.667. The van der Waals surface area contributed by atoms with Crippen molar-refractivity contribution in [3.63, 3.8) is 0 Å². The summed E-state index contributed by atoms with van der Waals surface area (Å²) in [7, 11) is 0. The molecule has 2 nitrogen and oxygen atoms in total. The molecule has 1 saturated heterocycles. The van der Waals surface area contributed by atoms with Gasteiger partial charge in [-0.2, -0.15) is 0 Å². The second-order valence-corrected chi connectivity index (χ2v) is 5.95. The highest BCUT2D eigenvalue weighted by Gasteiger charge is 2.10. The van der Waals surface area contributed by atoms with Crippen LogP contribution in [0.3, 0.4) is 0 Å². The van der Waals surface area contributed by atoms with Crippen LogP contribution < -0.4 is 10.2 Å². The van der Waals surface area contributed by atoms with Gasteiger partial charge in [-0.3, -0.25) is 0 Å². The summed E-state index contributed by atoms with van der Waals surface area (Å²) in [6.45, 7) is 6.88. The molecule has 112 valence electrons. The van der Waals surface area contributed by atoms with Crippen molar-refractivity contribution in [3.8, 4) is 0 Å². The highest BCUT2D eigenvalue weighted by molar-refractivity contribution is 5.47. The van der Waals surface area contributed by atoms with E-state index in [0.29, 0.717) is 0 Å². The van der Waals surface area contributed by atoms with E-state index in [9.17, 15) is 0 Å². The molecule has 1 heterocycles. The Morgan fingerprint density at radius 1 is 0.950 bits per heavy atom. The zero-order valence-electron chi connectivity index (χ0n) is 13.0. The van der Waals surface area contributed by atoms with Gasteiger partial charge in [-0.1, -0.05) is 38.3 Å². The Kier molecular flexibility index (Phi) is 6.93. The van der Waals surface area contributed by atoms with E-state index in [2.05, 4.69) is 41.4 Å². The summed E-state index contributed by atoms with van der Waals surface area (Å²) in [5.74, 6) is 0. The lowest BCUT2D eigenvalue weighted by Gasteiger charge is -2.28. The monoisotopic (exact) mass is 274 g/mol. The van der Waals surface area contributed by atoms with Gasteiger partial charge in [0.05, 0.1) is 0 Å². The molecule has 1 aromatic rings. The van der Waals surface area contributed by atoms with Crippen LogP contribution in [0, 0.1) is 0 Å². The molecule has 0 unspecified atom stereocenters. The average Bonchev–Trinajstić information content (AvgIpc) is 2.52. The Bertz CT molecular complexity index is 352. The molecule has 2 rings (SSSR count). The van der Waals surface area contributed by atoms with Gasteiger partial charge >= 0.3 is 0 Å². The lowest BCUT2D eigenvalue weighted by atomic mass is 10.1. The van der Waals surface area contributed by atoms with Gasteiger partial charge in [0.15, 0.2) is 0 Å². The van der Waals surface area contributed by atoms with Crippen molar-refractivity contribution < 1.29 is 0 Å². The molecule has 20 heavy (non-hydrogen) atoms. The van der Waals surface area contributed by atoms with Crippen LogP contribution in [-0.4, -0.2) is 19.6 Å². The molecule has 0 aliphatic carbocycles. The second-order valence-electron chi connectivity index (χ2n) is 5.95. The third-order valence-electron chi connectivity index (χ3n) is 4.19. The van der Waals surface area contributed by atoms with Crippen molar-refractivity contribution >= 4 is 5.69 Å². The summed E-state index contributed by atoms with van der Waals surface area (Å²) >= 11 is 0. The maximum absolute atomic E-state index is 3.55. The van der Waals surface area contributed by atoms with E-state index in [-0.39, 0.29) is 0 Å². The first-order chi connectivity index (χ1) is 9.90. The van der Waals surface area contributed by atoms with Crippen LogP contribution >= 0.6 is 0 Å². The first kappa shape index (κ1) is 15.4. The predicted octanol–water partition coefficient (Wildman–Crippen LogP) is 4.35. The van der Waals surface area contributed by atoms with Gasteiger partial charge in [-0.25, -0.2) is 0 Å². The highest BCUT2D eigenvalue weighted by Crippen LogP contribution is 2.20. The zero-order valence-corrected chi connectivity index (χ0v) is 13.0. The molecule has 0 saturated carbocycles. The van der Waals surface area contributed by atoms with Gasteiger partial charge in [-0.05, 0) is 49.9 Å². The van der Waals surface area contributed by atoms with Gasteiger partial charge in [0.2, 0.25) is 0 Å². The number of rotatable bonds is 8. The number of hydrogen-bond acceptors (Lipinski definition) is 2. The van der Waals surface area contributed by atoms with E-state index in [1.54, 1.807) is 0 Å². The van der Waals surface area contributed by atoms with Crippen LogP contribution in [0.1, 0.15) is 57.4 Å². The SMILES string of the molecule is CCCCCCNCc1ccc(N2CCCCC2)cc1. The van der Waals surface area contributed by atoms with E-state index >= 15 is 0 Å². The minimum absolute atomic E-state index is 1.01. The van der Waals surface area contributed by atoms with Crippen molar-refractivity contribution in [1.29, 1.82) is 0 Å².